The van der Waals surface area contributed by atoms with Crippen molar-refractivity contribution < 1.29 is 0 Å². The second-order valence-corrected chi connectivity index (χ2v) is 8.27. The number of hydrogen-bond donors (Lipinski definition) is 0. The molecule has 0 radical (unpaired) electrons. The molecule has 0 saturated heterocycles. The molecule has 1 unspecified atom stereocenters. The molecule has 2 nitrogen and oxygen atoms in total. The summed E-state index contributed by atoms with van der Waals surface area (Å²) in [5, 5.41) is 2.48. The molecule has 130 valence electrons. The van der Waals surface area contributed by atoms with Gasteiger partial charge in [0.2, 0.25) is 0 Å². The van der Waals surface area contributed by atoms with Crippen molar-refractivity contribution >= 4 is 46.6 Å². The number of hydrogen-bond acceptors (Lipinski definition) is 2. The predicted molar refractivity (Wildman–Crippen MR) is 108 cm³/mol. The van der Waals surface area contributed by atoms with Crippen molar-refractivity contribution in [2.45, 2.75) is 29.5 Å². The van der Waals surface area contributed by atoms with Gasteiger partial charge in [-0.05, 0) is 42.7 Å². The number of halogens is 3. The first-order chi connectivity index (χ1) is 12.1. The summed E-state index contributed by atoms with van der Waals surface area (Å²) in [5.41, 5.74) is 1.25. The SMILES string of the molecule is Clc1ccc(CC(CCn2ccnc2)Sc2c(Cl)cccc2Cl)cc1. The van der Waals surface area contributed by atoms with Gasteiger partial charge in [-0.15, -0.1) is 11.8 Å². The fourth-order valence-electron chi connectivity index (χ4n) is 2.56. The Bertz CT molecular complexity index is 784. The molecule has 1 aromatic heterocycles. The van der Waals surface area contributed by atoms with Crippen molar-refractivity contribution in [3.63, 3.8) is 0 Å². The van der Waals surface area contributed by atoms with Crippen LogP contribution in [0.15, 0.2) is 66.1 Å². The zero-order valence-corrected chi connectivity index (χ0v) is 16.5. The standard InChI is InChI=1S/C19H17Cl3N2S/c20-15-6-4-14(5-7-15)12-16(8-10-24-11-9-23-13-24)25-19-17(21)2-1-3-18(19)22/h1-7,9,11,13,16H,8,10,12H2. The third-order valence-electron chi connectivity index (χ3n) is 3.85. The third-order valence-corrected chi connectivity index (χ3v) is 6.37. The van der Waals surface area contributed by atoms with Crippen LogP contribution in [0.25, 0.3) is 0 Å². The Morgan fingerprint density at radius 1 is 1.00 bits per heavy atom. The van der Waals surface area contributed by atoms with Gasteiger partial charge in [-0.3, -0.25) is 0 Å². The summed E-state index contributed by atoms with van der Waals surface area (Å²) < 4.78 is 2.09. The van der Waals surface area contributed by atoms with E-state index in [1.54, 1.807) is 18.0 Å². The average Bonchev–Trinajstić information content (AvgIpc) is 3.11. The molecule has 0 fully saturated rings. The number of thioether (sulfide) groups is 1. The second-order valence-electron chi connectivity index (χ2n) is 5.71. The van der Waals surface area contributed by atoms with E-state index in [-0.39, 0.29) is 0 Å². The Labute approximate surface area is 167 Å². The first-order valence-electron chi connectivity index (χ1n) is 7.92. The van der Waals surface area contributed by atoms with E-state index in [9.17, 15) is 0 Å². The molecule has 0 spiro atoms. The van der Waals surface area contributed by atoms with Crippen molar-refractivity contribution in [3.05, 3.63) is 81.8 Å². The molecule has 0 N–H and O–H groups in total. The molecule has 1 atom stereocenters. The summed E-state index contributed by atoms with van der Waals surface area (Å²) in [7, 11) is 0. The normalized spacial score (nSPS) is 12.3. The summed E-state index contributed by atoms with van der Waals surface area (Å²) in [6.45, 7) is 0.896. The fraction of sp³-hybridized carbons (Fsp3) is 0.211. The number of aromatic nitrogens is 2. The molecule has 0 amide bonds. The second kappa shape index (κ2) is 9.00. The molecular weight excluding hydrogens is 395 g/mol. The zero-order chi connectivity index (χ0) is 17.6. The van der Waals surface area contributed by atoms with Crippen molar-refractivity contribution in [2.24, 2.45) is 0 Å². The Morgan fingerprint density at radius 3 is 2.36 bits per heavy atom. The number of benzene rings is 2. The van der Waals surface area contributed by atoms with Gasteiger partial charge in [-0.1, -0.05) is 53.0 Å². The molecular formula is C19H17Cl3N2S. The van der Waals surface area contributed by atoms with E-state index in [2.05, 4.69) is 21.7 Å². The number of imidazole rings is 1. The van der Waals surface area contributed by atoms with Gasteiger partial charge < -0.3 is 4.57 Å². The van der Waals surface area contributed by atoms with E-state index in [0.29, 0.717) is 15.3 Å². The largest absolute Gasteiger partial charge is 0.337 e. The lowest BCUT2D eigenvalue weighted by atomic mass is 10.1. The maximum absolute atomic E-state index is 6.36. The molecule has 0 bridgehead atoms. The number of nitrogens with zero attached hydrogens (tertiary/aromatic N) is 2. The van der Waals surface area contributed by atoms with E-state index in [1.165, 1.54) is 5.56 Å². The highest BCUT2D eigenvalue weighted by Gasteiger charge is 2.16. The minimum absolute atomic E-state index is 0.334. The maximum atomic E-state index is 6.36. The monoisotopic (exact) mass is 410 g/mol. The summed E-state index contributed by atoms with van der Waals surface area (Å²) in [6, 6.07) is 13.6. The van der Waals surface area contributed by atoms with E-state index in [1.807, 2.05) is 42.9 Å². The highest BCUT2D eigenvalue weighted by molar-refractivity contribution is 8.00. The highest BCUT2D eigenvalue weighted by atomic mass is 35.5. The van der Waals surface area contributed by atoms with Crippen molar-refractivity contribution in [1.82, 2.24) is 9.55 Å². The number of aryl methyl sites for hydroxylation is 1. The average molecular weight is 412 g/mol. The minimum Gasteiger partial charge on any atom is -0.337 e. The van der Waals surface area contributed by atoms with Crippen LogP contribution in [0.3, 0.4) is 0 Å². The molecule has 3 rings (SSSR count). The van der Waals surface area contributed by atoms with E-state index in [0.717, 1.165) is 29.3 Å². The van der Waals surface area contributed by atoms with E-state index >= 15 is 0 Å². The summed E-state index contributed by atoms with van der Waals surface area (Å²) in [6.07, 6.45) is 7.51. The molecule has 0 saturated carbocycles. The summed E-state index contributed by atoms with van der Waals surface area (Å²) in [4.78, 5) is 5.05. The lowest BCUT2D eigenvalue weighted by molar-refractivity contribution is 0.619. The van der Waals surface area contributed by atoms with Crippen LogP contribution in [0.1, 0.15) is 12.0 Å². The van der Waals surface area contributed by atoms with E-state index in [4.69, 9.17) is 34.8 Å². The highest BCUT2D eigenvalue weighted by Crippen LogP contribution is 2.38. The van der Waals surface area contributed by atoms with Crippen molar-refractivity contribution in [1.29, 1.82) is 0 Å². The molecule has 3 aromatic rings. The molecule has 0 aliphatic carbocycles. The van der Waals surface area contributed by atoms with E-state index < -0.39 is 0 Å². The lowest BCUT2D eigenvalue weighted by Crippen LogP contribution is -2.11. The molecule has 1 heterocycles. The molecule has 0 aliphatic rings. The Kier molecular flexibility index (Phi) is 6.71. The first-order valence-corrected chi connectivity index (χ1v) is 9.94. The number of rotatable bonds is 7. The van der Waals surface area contributed by atoms with Gasteiger partial charge in [0.1, 0.15) is 0 Å². The fourth-order valence-corrected chi connectivity index (χ4v) is 4.54. The van der Waals surface area contributed by atoms with Crippen molar-refractivity contribution in [2.75, 3.05) is 0 Å². The van der Waals surface area contributed by atoms with Gasteiger partial charge in [0.15, 0.2) is 0 Å². The summed E-state index contributed by atoms with van der Waals surface area (Å²) >= 11 is 20.4. The Hall–Kier alpha value is -1.13. The molecule has 0 aliphatic heterocycles. The zero-order valence-electron chi connectivity index (χ0n) is 13.4. The molecule has 6 heteroatoms. The smallest absolute Gasteiger partial charge is 0.0945 e. The van der Waals surface area contributed by atoms with Gasteiger partial charge in [-0.25, -0.2) is 4.98 Å². The molecule has 2 aromatic carbocycles. The van der Waals surface area contributed by atoms with Gasteiger partial charge in [-0.2, -0.15) is 0 Å². The summed E-state index contributed by atoms with van der Waals surface area (Å²) in [5.74, 6) is 0. The third kappa shape index (κ3) is 5.42. The topological polar surface area (TPSA) is 17.8 Å². The van der Waals surface area contributed by atoms with Crippen LogP contribution < -0.4 is 0 Å². The quantitative estimate of drug-likeness (QED) is 0.406. The van der Waals surface area contributed by atoms with Gasteiger partial charge in [0, 0.05) is 34.1 Å². The Morgan fingerprint density at radius 2 is 1.72 bits per heavy atom. The van der Waals surface area contributed by atoms with Crippen LogP contribution in [0.2, 0.25) is 15.1 Å². The van der Waals surface area contributed by atoms with Gasteiger partial charge >= 0.3 is 0 Å². The van der Waals surface area contributed by atoms with Gasteiger partial charge in [0.05, 0.1) is 16.4 Å². The van der Waals surface area contributed by atoms with Crippen LogP contribution in [-0.2, 0) is 13.0 Å². The maximum Gasteiger partial charge on any atom is 0.0945 e. The van der Waals surface area contributed by atoms with Crippen LogP contribution in [0.4, 0.5) is 0 Å². The van der Waals surface area contributed by atoms with Gasteiger partial charge in [0.25, 0.3) is 0 Å². The minimum atomic E-state index is 0.334. The van der Waals surface area contributed by atoms with Crippen LogP contribution in [0, 0.1) is 0 Å². The Balaban J connectivity index is 1.76. The predicted octanol–water partition coefficient (Wildman–Crippen LogP) is 6.64. The van der Waals surface area contributed by atoms with Crippen LogP contribution >= 0.6 is 46.6 Å². The molecule has 25 heavy (non-hydrogen) atoms. The van der Waals surface area contributed by atoms with Crippen LogP contribution in [0.5, 0.6) is 0 Å². The van der Waals surface area contributed by atoms with Crippen molar-refractivity contribution in [3.8, 4) is 0 Å². The van der Waals surface area contributed by atoms with Crippen LogP contribution in [-0.4, -0.2) is 14.8 Å². The first kappa shape index (κ1) is 18.7. The lowest BCUT2D eigenvalue weighted by Gasteiger charge is -2.19.